The molecule has 1 aromatic rings. The first-order valence-electron chi connectivity index (χ1n) is 9.37. The van der Waals surface area contributed by atoms with Gasteiger partial charge in [0.25, 0.3) is 0 Å². The Kier molecular flexibility index (Phi) is 7.72. The molecule has 0 amide bonds. The second-order valence-corrected chi connectivity index (χ2v) is 7.32. The Hall–Kier alpha value is -1.79. The Morgan fingerprint density at radius 1 is 1.27 bits per heavy atom. The maximum absolute atomic E-state index is 5.45. The van der Waals surface area contributed by atoms with Gasteiger partial charge in [0.15, 0.2) is 5.96 Å². The molecule has 2 rings (SSSR count). The number of ether oxygens (including phenoxy) is 2. The number of rotatable bonds is 7. The van der Waals surface area contributed by atoms with Crippen molar-refractivity contribution in [3.63, 3.8) is 0 Å². The molecule has 0 radical (unpaired) electrons. The van der Waals surface area contributed by atoms with Gasteiger partial charge >= 0.3 is 0 Å². The van der Waals surface area contributed by atoms with E-state index in [9.17, 15) is 0 Å². The molecule has 0 aromatic heterocycles. The molecule has 0 spiro atoms. The first-order valence-corrected chi connectivity index (χ1v) is 9.37. The van der Waals surface area contributed by atoms with Crippen LogP contribution in [0.5, 0.6) is 5.75 Å². The highest BCUT2D eigenvalue weighted by Crippen LogP contribution is 2.19. The molecule has 6 heteroatoms. The lowest BCUT2D eigenvalue weighted by atomic mass is 10.0. The molecule has 0 aliphatic carbocycles. The third kappa shape index (κ3) is 5.88. The quantitative estimate of drug-likeness (QED) is 0.572. The van der Waals surface area contributed by atoms with E-state index in [2.05, 4.69) is 59.5 Å². The molecule has 0 saturated carbocycles. The van der Waals surface area contributed by atoms with E-state index >= 15 is 0 Å². The van der Waals surface area contributed by atoms with Gasteiger partial charge in [0.2, 0.25) is 0 Å². The van der Waals surface area contributed by atoms with Gasteiger partial charge in [-0.2, -0.15) is 0 Å². The summed E-state index contributed by atoms with van der Waals surface area (Å²) in [4.78, 5) is 6.81. The smallest absolute Gasteiger partial charge is 0.191 e. The minimum Gasteiger partial charge on any atom is -0.496 e. The number of nitrogens with zero attached hydrogens (tertiary/aromatic N) is 2. The molecule has 1 aliphatic heterocycles. The minimum absolute atomic E-state index is 0.0612. The molecule has 146 valence electrons. The summed E-state index contributed by atoms with van der Waals surface area (Å²) in [5, 5.41) is 6.86. The Bertz CT molecular complexity index is 595. The van der Waals surface area contributed by atoms with Crippen LogP contribution in [-0.2, 0) is 11.2 Å². The summed E-state index contributed by atoms with van der Waals surface area (Å²) in [6.45, 7) is 11.8. The van der Waals surface area contributed by atoms with Crippen molar-refractivity contribution in [2.24, 2.45) is 4.99 Å². The molecular formula is C20H34N4O2. The largest absolute Gasteiger partial charge is 0.496 e. The summed E-state index contributed by atoms with van der Waals surface area (Å²) in [7, 11) is 3.53. The number of morpholine rings is 1. The normalized spacial score (nSPS) is 16.4. The van der Waals surface area contributed by atoms with Gasteiger partial charge in [-0.15, -0.1) is 0 Å². The van der Waals surface area contributed by atoms with Crippen molar-refractivity contribution < 1.29 is 9.47 Å². The van der Waals surface area contributed by atoms with Gasteiger partial charge in [0.1, 0.15) is 5.75 Å². The maximum Gasteiger partial charge on any atom is 0.191 e. The summed E-state index contributed by atoms with van der Waals surface area (Å²) in [6, 6.07) is 6.36. The van der Waals surface area contributed by atoms with E-state index in [1.54, 1.807) is 7.11 Å². The van der Waals surface area contributed by atoms with Crippen molar-refractivity contribution in [2.75, 3.05) is 53.6 Å². The van der Waals surface area contributed by atoms with Crippen molar-refractivity contribution in [1.82, 2.24) is 15.5 Å². The first-order chi connectivity index (χ1) is 12.5. The summed E-state index contributed by atoms with van der Waals surface area (Å²) in [5.41, 5.74) is 2.47. The van der Waals surface area contributed by atoms with Crippen LogP contribution in [0, 0.1) is 6.92 Å². The van der Waals surface area contributed by atoms with E-state index in [4.69, 9.17) is 9.47 Å². The molecule has 1 saturated heterocycles. The van der Waals surface area contributed by atoms with Gasteiger partial charge in [-0.25, -0.2) is 0 Å². The van der Waals surface area contributed by atoms with E-state index in [1.165, 1.54) is 5.56 Å². The molecule has 6 nitrogen and oxygen atoms in total. The zero-order valence-electron chi connectivity index (χ0n) is 16.9. The van der Waals surface area contributed by atoms with Crippen LogP contribution < -0.4 is 15.4 Å². The van der Waals surface area contributed by atoms with Crippen LogP contribution in [0.3, 0.4) is 0 Å². The molecule has 0 atom stereocenters. The van der Waals surface area contributed by atoms with Gasteiger partial charge in [-0.05, 0) is 44.4 Å². The van der Waals surface area contributed by atoms with E-state index in [-0.39, 0.29) is 5.54 Å². The molecule has 0 bridgehead atoms. The molecule has 26 heavy (non-hydrogen) atoms. The lowest BCUT2D eigenvalue weighted by molar-refractivity contribution is -0.00833. The highest BCUT2D eigenvalue weighted by molar-refractivity contribution is 5.79. The van der Waals surface area contributed by atoms with Crippen LogP contribution in [-0.4, -0.2) is 69.9 Å². The van der Waals surface area contributed by atoms with Crippen molar-refractivity contribution >= 4 is 5.96 Å². The number of aliphatic imine (C=N–C) groups is 1. The number of hydrogen-bond donors (Lipinski definition) is 2. The van der Waals surface area contributed by atoms with Crippen LogP contribution in [0.1, 0.15) is 25.0 Å². The second-order valence-electron chi connectivity index (χ2n) is 7.32. The summed E-state index contributed by atoms with van der Waals surface area (Å²) in [6.07, 6.45) is 0.921. The predicted molar refractivity (Wildman–Crippen MR) is 107 cm³/mol. The number of methoxy groups -OCH3 is 1. The maximum atomic E-state index is 5.45. The van der Waals surface area contributed by atoms with Crippen LogP contribution in [0.15, 0.2) is 23.2 Å². The van der Waals surface area contributed by atoms with Gasteiger partial charge in [-0.3, -0.25) is 9.89 Å². The van der Waals surface area contributed by atoms with Crippen molar-refractivity contribution in [3.8, 4) is 5.75 Å². The number of hydrogen-bond acceptors (Lipinski definition) is 4. The van der Waals surface area contributed by atoms with E-state index in [1.807, 2.05) is 7.05 Å². The average molecular weight is 363 g/mol. The Balaban J connectivity index is 1.78. The topological polar surface area (TPSA) is 58.1 Å². The lowest BCUT2D eigenvalue weighted by Gasteiger charge is -2.41. The van der Waals surface area contributed by atoms with Crippen LogP contribution in [0.4, 0.5) is 0 Å². The van der Waals surface area contributed by atoms with Crippen molar-refractivity contribution in [1.29, 1.82) is 0 Å². The highest BCUT2D eigenvalue weighted by atomic mass is 16.5. The molecule has 0 unspecified atom stereocenters. The summed E-state index contributed by atoms with van der Waals surface area (Å²) >= 11 is 0. The fraction of sp³-hybridized carbons (Fsp3) is 0.650. The first kappa shape index (κ1) is 20.5. The van der Waals surface area contributed by atoms with Gasteiger partial charge in [0.05, 0.1) is 20.3 Å². The minimum atomic E-state index is 0.0612. The Labute approximate surface area is 158 Å². The third-order valence-electron chi connectivity index (χ3n) is 4.96. The van der Waals surface area contributed by atoms with Crippen LogP contribution in [0.25, 0.3) is 0 Å². The zero-order chi connectivity index (χ0) is 19.0. The monoisotopic (exact) mass is 362 g/mol. The van der Waals surface area contributed by atoms with Gasteiger partial charge < -0.3 is 20.1 Å². The van der Waals surface area contributed by atoms with E-state index in [0.29, 0.717) is 0 Å². The number of guanidine groups is 1. The van der Waals surface area contributed by atoms with E-state index in [0.717, 1.165) is 63.1 Å². The molecule has 1 aromatic carbocycles. The van der Waals surface area contributed by atoms with Crippen LogP contribution >= 0.6 is 0 Å². The molecular weight excluding hydrogens is 328 g/mol. The molecule has 1 fully saturated rings. The number of nitrogens with one attached hydrogen (secondary N) is 2. The molecule has 2 N–H and O–H groups in total. The van der Waals surface area contributed by atoms with E-state index < -0.39 is 0 Å². The molecule has 1 aliphatic rings. The fourth-order valence-electron chi connectivity index (χ4n) is 3.15. The average Bonchev–Trinajstić information content (AvgIpc) is 2.66. The SMILES string of the molecule is CN=C(NCCc1ccc(C)c(OC)c1)NCC(C)(C)N1CCOCC1. The van der Waals surface area contributed by atoms with Crippen molar-refractivity contribution in [3.05, 3.63) is 29.3 Å². The third-order valence-corrected chi connectivity index (χ3v) is 4.96. The molecule has 1 heterocycles. The van der Waals surface area contributed by atoms with Gasteiger partial charge in [-0.1, -0.05) is 12.1 Å². The van der Waals surface area contributed by atoms with Crippen LogP contribution in [0.2, 0.25) is 0 Å². The number of benzene rings is 1. The Morgan fingerprint density at radius 3 is 2.65 bits per heavy atom. The fourth-order valence-corrected chi connectivity index (χ4v) is 3.15. The zero-order valence-corrected chi connectivity index (χ0v) is 16.9. The number of aryl methyl sites for hydroxylation is 1. The predicted octanol–water partition coefficient (Wildman–Crippen LogP) is 1.82. The van der Waals surface area contributed by atoms with Crippen molar-refractivity contribution in [2.45, 2.75) is 32.7 Å². The summed E-state index contributed by atoms with van der Waals surface area (Å²) < 4.78 is 10.9. The standard InChI is InChI=1S/C20H34N4O2/c1-16-6-7-17(14-18(16)25-5)8-9-22-19(21-4)23-15-20(2,3)24-10-12-26-13-11-24/h6-7,14H,8-13,15H2,1-5H3,(H2,21,22,23). The lowest BCUT2D eigenvalue weighted by Crippen LogP contribution is -2.56. The van der Waals surface area contributed by atoms with Gasteiger partial charge in [0, 0.05) is 38.8 Å². The summed E-state index contributed by atoms with van der Waals surface area (Å²) in [5.74, 6) is 1.78. The Morgan fingerprint density at radius 2 is 2.00 bits per heavy atom. The second kappa shape index (κ2) is 9.78. The highest BCUT2D eigenvalue weighted by Gasteiger charge is 2.28.